The highest BCUT2D eigenvalue weighted by molar-refractivity contribution is 9.09. The first-order valence-corrected chi connectivity index (χ1v) is 7.81. The zero-order valence-electron chi connectivity index (χ0n) is 11.7. The van der Waals surface area contributed by atoms with E-state index in [0.717, 1.165) is 12.8 Å². The van der Waals surface area contributed by atoms with Gasteiger partial charge < -0.3 is 10.1 Å². The highest BCUT2D eigenvalue weighted by Gasteiger charge is 2.33. The van der Waals surface area contributed by atoms with Crippen LogP contribution in [0.2, 0.25) is 0 Å². The Morgan fingerprint density at radius 1 is 1.48 bits per heavy atom. The number of nitro groups is 1. The van der Waals surface area contributed by atoms with Gasteiger partial charge in [-0.3, -0.25) is 14.9 Å². The van der Waals surface area contributed by atoms with Gasteiger partial charge in [-0.1, -0.05) is 15.9 Å². The van der Waals surface area contributed by atoms with Crippen LogP contribution in [0.4, 0.5) is 5.69 Å². The molecule has 1 N–H and O–H groups in total. The molecule has 0 aliphatic carbocycles. The number of carbonyl (C=O) groups is 1. The number of carbonyl (C=O) groups excluding carboxylic acids is 1. The summed E-state index contributed by atoms with van der Waals surface area (Å²) in [6.45, 7) is 2.86. The largest absolute Gasteiger partial charge is 0.381 e. The van der Waals surface area contributed by atoms with Gasteiger partial charge in [-0.2, -0.15) is 0 Å². The van der Waals surface area contributed by atoms with Gasteiger partial charge in [-0.15, -0.1) is 0 Å². The molecule has 21 heavy (non-hydrogen) atoms. The molecule has 1 fully saturated rings. The minimum Gasteiger partial charge on any atom is -0.381 e. The predicted octanol–water partition coefficient (Wildman–Crippen LogP) is 2.58. The number of hydrogen-bond donors (Lipinski definition) is 1. The van der Waals surface area contributed by atoms with E-state index in [1.165, 1.54) is 12.1 Å². The molecule has 1 aliphatic rings. The number of hydrogen-bond acceptors (Lipinski definition) is 4. The van der Waals surface area contributed by atoms with Gasteiger partial charge in [0, 0.05) is 35.7 Å². The van der Waals surface area contributed by atoms with E-state index >= 15 is 0 Å². The number of amides is 1. The van der Waals surface area contributed by atoms with E-state index in [1.54, 1.807) is 13.0 Å². The second-order valence-electron chi connectivity index (χ2n) is 5.24. The predicted molar refractivity (Wildman–Crippen MR) is 81.9 cm³/mol. The molecule has 0 bridgehead atoms. The van der Waals surface area contributed by atoms with Crippen molar-refractivity contribution in [3.63, 3.8) is 0 Å². The quantitative estimate of drug-likeness (QED) is 0.510. The summed E-state index contributed by atoms with van der Waals surface area (Å²) in [5.41, 5.74) is 0.621. The lowest BCUT2D eigenvalue weighted by Gasteiger charge is -2.36. The number of nitro benzene ring substituents is 1. The molecule has 0 unspecified atom stereocenters. The van der Waals surface area contributed by atoms with E-state index in [4.69, 9.17) is 4.74 Å². The third kappa shape index (κ3) is 3.59. The van der Waals surface area contributed by atoms with Gasteiger partial charge in [0.25, 0.3) is 11.6 Å². The Balaban J connectivity index is 2.16. The summed E-state index contributed by atoms with van der Waals surface area (Å²) >= 11 is 3.45. The first-order chi connectivity index (χ1) is 9.97. The highest BCUT2D eigenvalue weighted by atomic mass is 79.9. The van der Waals surface area contributed by atoms with Crippen molar-refractivity contribution in [1.82, 2.24) is 5.32 Å². The summed E-state index contributed by atoms with van der Waals surface area (Å²) < 4.78 is 5.33. The Labute approximate surface area is 131 Å². The van der Waals surface area contributed by atoms with Crippen molar-refractivity contribution in [3.05, 3.63) is 39.4 Å². The van der Waals surface area contributed by atoms with Crippen LogP contribution in [0.5, 0.6) is 0 Å². The van der Waals surface area contributed by atoms with Crippen LogP contribution in [0.3, 0.4) is 0 Å². The van der Waals surface area contributed by atoms with Gasteiger partial charge in [0.05, 0.1) is 10.5 Å². The second kappa shape index (κ2) is 6.53. The Hall–Kier alpha value is -1.47. The molecule has 0 radical (unpaired) electrons. The molecule has 6 nitrogen and oxygen atoms in total. The SMILES string of the molecule is Cc1cc(C(=O)NC2(CBr)CCOCC2)ccc1[N+](=O)[O-]. The monoisotopic (exact) mass is 356 g/mol. The normalized spacial score (nSPS) is 17.2. The van der Waals surface area contributed by atoms with Crippen molar-refractivity contribution in [1.29, 1.82) is 0 Å². The molecule has 0 spiro atoms. The van der Waals surface area contributed by atoms with Gasteiger partial charge in [-0.25, -0.2) is 0 Å². The molecule has 1 aromatic rings. The van der Waals surface area contributed by atoms with Crippen LogP contribution in [-0.4, -0.2) is 34.9 Å². The molecule has 2 rings (SSSR count). The van der Waals surface area contributed by atoms with E-state index in [-0.39, 0.29) is 17.1 Å². The van der Waals surface area contributed by atoms with Gasteiger partial charge >= 0.3 is 0 Å². The lowest BCUT2D eigenvalue weighted by atomic mass is 9.92. The summed E-state index contributed by atoms with van der Waals surface area (Å²) in [4.78, 5) is 22.7. The Morgan fingerprint density at radius 2 is 2.14 bits per heavy atom. The minimum absolute atomic E-state index is 0.0211. The average Bonchev–Trinajstić information content (AvgIpc) is 2.47. The number of rotatable bonds is 4. The fraction of sp³-hybridized carbons (Fsp3) is 0.500. The van der Waals surface area contributed by atoms with E-state index in [9.17, 15) is 14.9 Å². The number of nitrogens with zero attached hydrogens (tertiary/aromatic N) is 1. The summed E-state index contributed by atoms with van der Waals surface area (Å²) in [5, 5.41) is 14.5. The number of halogens is 1. The zero-order chi connectivity index (χ0) is 15.5. The molecule has 0 saturated carbocycles. The molecule has 7 heteroatoms. The Bertz CT molecular complexity index is 556. The van der Waals surface area contributed by atoms with Crippen molar-refractivity contribution in [2.24, 2.45) is 0 Å². The molecule has 114 valence electrons. The van der Waals surface area contributed by atoms with Crippen LogP contribution < -0.4 is 5.32 Å². The lowest BCUT2D eigenvalue weighted by Crippen LogP contribution is -2.53. The van der Waals surface area contributed by atoms with Crippen LogP contribution in [0.25, 0.3) is 0 Å². The third-order valence-corrected chi connectivity index (χ3v) is 4.81. The van der Waals surface area contributed by atoms with Crippen LogP contribution in [0, 0.1) is 17.0 Å². The number of alkyl halides is 1. The minimum atomic E-state index is -0.449. The van der Waals surface area contributed by atoms with Crippen molar-refractivity contribution >= 4 is 27.5 Å². The molecule has 1 amide bonds. The second-order valence-corrected chi connectivity index (χ2v) is 5.80. The Morgan fingerprint density at radius 3 is 2.67 bits per heavy atom. The maximum atomic E-state index is 12.4. The van der Waals surface area contributed by atoms with Crippen molar-refractivity contribution in [2.75, 3.05) is 18.5 Å². The summed E-state index contributed by atoms with van der Waals surface area (Å²) in [7, 11) is 0. The van der Waals surface area contributed by atoms with Crippen molar-refractivity contribution in [3.8, 4) is 0 Å². The van der Waals surface area contributed by atoms with Crippen LogP contribution in [-0.2, 0) is 4.74 Å². The standard InChI is InChI=1S/C14H17BrN2O4/c1-10-8-11(2-3-12(10)17(19)20)13(18)16-14(9-15)4-6-21-7-5-14/h2-3,8H,4-7,9H2,1H3,(H,16,18). The molecule has 0 aromatic heterocycles. The molecule has 1 aromatic carbocycles. The molecule has 1 saturated heterocycles. The summed E-state index contributed by atoms with van der Waals surface area (Å²) in [6.07, 6.45) is 1.49. The summed E-state index contributed by atoms with van der Waals surface area (Å²) in [6, 6.07) is 4.41. The van der Waals surface area contributed by atoms with Gasteiger partial charge in [0.15, 0.2) is 0 Å². The van der Waals surface area contributed by atoms with Gasteiger partial charge in [-0.05, 0) is 31.9 Å². The fourth-order valence-electron chi connectivity index (χ4n) is 2.37. The fourth-order valence-corrected chi connectivity index (χ4v) is 3.07. The molecule has 0 atom stereocenters. The highest BCUT2D eigenvalue weighted by Crippen LogP contribution is 2.24. The summed E-state index contributed by atoms with van der Waals surface area (Å²) in [5.74, 6) is -0.214. The maximum Gasteiger partial charge on any atom is 0.272 e. The van der Waals surface area contributed by atoms with E-state index < -0.39 is 4.92 Å². The molecule has 1 aliphatic heterocycles. The maximum absolute atomic E-state index is 12.4. The zero-order valence-corrected chi connectivity index (χ0v) is 13.3. The number of ether oxygens (including phenoxy) is 1. The first-order valence-electron chi connectivity index (χ1n) is 6.69. The van der Waals surface area contributed by atoms with Crippen LogP contribution in [0.1, 0.15) is 28.8 Å². The van der Waals surface area contributed by atoms with E-state index in [1.807, 2.05) is 0 Å². The smallest absolute Gasteiger partial charge is 0.272 e. The van der Waals surface area contributed by atoms with Gasteiger partial charge in [0.2, 0.25) is 0 Å². The number of aryl methyl sites for hydroxylation is 1. The van der Waals surface area contributed by atoms with Crippen molar-refractivity contribution < 1.29 is 14.5 Å². The Kier molecular flexibility index (Phi) is 4.95. The first kappa shape index (κ1) is 15.9. The van der Waals surface area contributed by atoms with E-state index in [2.05, 4.69) is 21.2 Å². The third-order valence-electron chi connectivity index (χ3n) is 3.74. The van der Waals surface area contributed by atoms with Crippen LogP contribution in [0.15, 0.2) is 18.2 Å². The van der Waals surface area contributed by atoms with Gasteiger partial charge in [0.1, 0.15) is 0 Å². The number of benzene rings is 1. The number of nitrogens with one attached hydrogen (secondary N) is 1. The van der Waals surface area contributed by atoms with Crippen molar-refractivity contribution in [2.45, 2.75) is 25.3 Å². The van der Waals surface area contributed by atoms with E-state index in [0.29, 0.717) is 29.7 Å². The molecule has 1 heterocycles. The lowest BCUT2D eigenvalue weighted by molar-refractivity contribution is -0.385. The topological polar surface area (TPSA) is 81.5 Å². The average molecular weight is 357 g/mol. The molecular formula is C14H17BrN2O4. The van der Waals surface area contributed by atoms with Crippen LogP contribution >= 0.6 is 15.9 Å². The molecular weight excluding hydrogens is 340 g/mol.